The lowest BCUT2D eigenvalue weighted by Gasteiger charge is -2.09. The lowest BCUT2D eigenvalue weighted by Crippen LogP contribution is -2.28. The number of anilines is 1. The number of aliphatic imine (C=N–C) groups is 1. The number of fused-ring (bicyclic) bond motifs is 1. The molecule has 0 saturated carbocycles. The molecule has 1 aliphatic rings. The third-order valence-electron chi connectivity index (χ3n) is 3.66. The Morgan fingerprint density at radius 3 is 2.57 bits per heavy atom. The summed E-state index contributed by atoms with van der Waals surface area (Å²) in [6.07, 6.45) is -0.0906. The van der Waals surface area contributed by atoms with E-state index in [4.69, 9.17) is 0 Å². The Kier molecular flexibility index (Phi) is 4.19. The normalized spacial score (nSPS) is 16.7. The van der Waals surface area contributed by atoms with Crippen molar-refractivity contribution in [1.82, 2.24) is 0 Å². The highest BCUT2D eigenvalue weighted by molar-refractivity contribution is 6.19. The van der Waals surface area contributed by atoms with Gasteiger partial charge in [0.25, 0.3) is 0 Å². The first kappa shape index (κ1) is 15.0. The fourth-order valence-corrected chi connectivity index (χ4v) is 2.50. The van der Waals surface area contributed by atoms with Gasteiger partial charge in [-0.15, -0.1) is 0 Å². The predicted molar refractivity (Wildman–Crippen MR) is 87.6 cm³/mol. The van der Waals surface area contributed by atoms with Gasteiger partial charge in [-0.2, -0.15) is 0 Å². The largest absolute Gasteiger partial charge is 0.469 e. The highest BCUT2D eigenvalue weighted by Gasteiger charge is 2.27. The quantitative estimate of drug-likeness (QED) is 0.885. The Bertz CT molecular complexity index is 769. The number of benzene rings is 2. The van der Waals surface area contributed by atoms with E-state index in [2.05, 4.69) is 15.0 Å². The standard InChI is InChI=1S/C18H16N2O3/c1-23-16(21)11-15-18(22)20-14-10-6-5-9-13(14)17(19-15)12-7-3-2-4-8-12/h2-10,15H,11H2,1H3,(H,20,22). The summed E-state index contributed by atoms with van der Waals surface area (Å²) in [4.78, 5) is 28.5. The van der Waals surface area contributed by atoms with Crippen molar-refractivity contribution in [2.75, 3.05) is 12.4 Å². The minimum atomic E-state index is -0.815. The average molecular weight is 308 g/mol. The summed E-state index contributed by atoms with van der Waals surface area (Å²) in [6.45, 7) is 0. The van der Waals surface area contributed by atoms with Gasteiger partial charge in [-0.25, -0.2) is 0 Å². The molecular weight excluding hydrogens is 292 g/mol. The van der Waals surface area contributed by atoms with Gasteiger partial charge >= 0.3 is 5.97 Å². The summed E-state index contributed by atoms with van der Waals surface area (Å²) >= 11 is 0. The van der Waals surface area contributed by atoms with Crippen molar-refractivity contribution in [3.8, 4) is 0 Å². The number of nitrogens with one attached hydrogen (secondary N) is 1. The van der Waals surface area contributed by atoms with Crippen molar-refractivity contribution >= 4 is 23.3 Å². The second kappa shape index (κ2) is 6.44. The number of ether oxygens (including phenoxy) is 1. The topological polar surface area (TPSA) is 67.8 Å². The van der Waals surface area contributed by atoms with E-state index in [1.54, 1.807) is 0 Å². The molecule has 1 aliphatic heterocycles. The number of hydrogen-bond donors (Lipinski definition) is 1. The highest BCUT2D eigenvalue weighted by Crippen LogP contribution is 2.24. The molecular formula is C18H16N2O3. The number of carbonyl (C=O) groups excluding carboxylic acids is 2. The molecule has 5 nitrogen and oxygen atoms in total. The highest BCUT2D eigenvalue weighted by atomic mass is 16.5. The predicted octanol–water partition coefficient (Wildman–Crippen LogP) is 2.41. The van der Waals surface area contributed by atoms with Gasteiger partial charge < -0.3 is 10.1 Å². The fraction of sp³-hybridized carbons (Fsp3) is 0.167. The number of carbonyl (C=O) groups is 2. The number of hydrogen-bond acceptors (Lipinski definition) is 4. The second-order valence-electron chi connectivity index (χ2n) is 5.17. The number of amides is 1. The van der Waals surface area contributed by atoms with Crippen molar-refractivity contribution in [2.24, 2.45) is 4.99 Å². The van der Waals surface area contributed by atoms with E-state index in [1.165, 1.54) is 7.11 Å². The minimum absolute atomic E-state index is 0.0906. The van der Waals surface area contributed by atoms with Crippen LogP contribution in [0.4, 0.5) is 5.69 Å². The molecule has 1 amide bonds. The number of rotatable bonds is 3. The van der Waals surface area contributed by atoms with Crippen LogP contribution in [-0.2, 0) is 14.3 Å². The molecule has 0 bridgehead atoms. The summed E-state index contributed by atoms with van der Waals surface area (Å²) in [5, 5.41) is 2.84. The van der Waals surface area contributed by atoms with Crippen LogP contribution in [0.2, 0.25) is 0 Å². The van der Waals surface area contributed by atoms with Gasteiger partial charge in [0.1, 0.15) is 6.04 Å². The third kappa shape index (κ3) is 3.13. The van der Waals surface area contributed by atoms with Crippen LogP contribution < -0.4 is 5.32 Å². The molecule has 1 heterocycles. The molecule has 1 unspecified atom stereocenters. The number of esters is 1. The van der Waals surface area contributed by atoms with Crippen LogP contribution in [0.15, 0.2) is 59.6 Å². The molecule has 116 valence electrons. The summed E-state index contributed by atoms with van der Waals surface area (Å²) in [5.41, 5.74) is 3.10. The molecule has 23 heavy (non-hydrogen) atoms. The van der Waals surface area contributed by atoms with Gasteiger partial charge in [-0.1, -0.05) is 48.5 Å². The Morgan fingerprint density at radius 1 is 1.13 bits per heavy atom. The molecule has 5 heteroatoms. The summed E-state index contributed by atoms with van der Waals surface area (Å²) in [6, 6.07) is 16.3. The van der Waals surface area contributed by atoms with Crippen LogP contribution in [0, 0.1) is 0 Å². The lowest BCUT2D eigenvalue weighted by atomic mass is 10.0. The van der Waals surface area contributed by atoms with Gasteiger partial charge in [0.05, 0.1) is 24.9 Å². The van der Waals surface area contributed by atoms with Crippen LogP contribution in [0.25, 0.3) is 0 Å². The Hall–Kier alpha value is -2.95. The molecule has 1 N–H and O–H groups in total. The third-order valence-corrected chi connectivity index (χ3v) is 3.66. The smallest absolute Gasteiger partial charge is 0.308 e. The van der Waals surface area contributed by atoms with E-state index >= 15 is 0 Å². The Morgan fingerprint density at radius 2 is 1.83 bits per heavy atom. The van der Waals surface area contributed by atoms with Crippen molar-refractivity contribution in [3.05, 3.63) is 65.7 Å². The van der Waals surface area contributed by atoms with E-state index in [0.29, 0.717) is 11.4 Å². The summed E-state index contributed by atoms with van der Waals surface area (Å²) in [7, 11) is 1.30. The summed E-state index contributed by atoms with van der Waals surface area (Å²) in [5.74, 6) is -0.777. The van der Waals surface area contributed by atoms with Crippen molar-refractivity contribution in [2.45, 2.75) is 12.5 Å². The molecule has 0 spiro atoms. The maximum atomic E-state index is 12.4. The summed E-state index contributed by atoms with van der Waals surface area (Å²) < 4.78 is 4.67. The van der Waals surface area contributed by atoms with E-state index in [-0.39, 0.29) is 12.3 Å². The van der Waals surface area contributed by atoms with Crippen molar-refractivity contribution in [1.29, 1.82) is 0 Å². The zero-order valence-electron chi connectivity index (χ0n) is 12.7. The van der Waals surface area contributed by atoms with E-state index < -0.39 is 12.0 Å². The van der Waals surface area contributed by atoms with Crippen LogP contribution in [0.3, 0.4) is 0 Å². The number of para-hydroxylation sites is 1. The zero-order valence-corrected chi connectivity index (χ0v) is 12.7. The maximum absolute atomic E-state index is 12.4. The van der Waals surface area contributed by atoms with Gasteiger partial charge in [0.15, 0.2) is 0 Å². The van der Waals surface area contributed by atoms with Crippen molar-refractivity contribution < 1.29 is 14.3 Å². The minimum Gasteiger partial charge on any atom is -0.469 e. The lowest BCUT2D eigenvalue weighted by molar-refractivity contribution is -0.142. The second-order valence-corrected chi connectivity index (χ2v) is 5.17. The van der Waals surface area contributed by atoms with Crippen LogP contribution in [-0.4, -0.2) is 30.7 Å². The molecule has 2 aromatic carbocycles. The first-order chi connectivity index (χ1) is 11.2. The SMILES string of the molecule is COC(=O)CC1N=C(c2ccccc2)c2ccccc2NC1=O. The molecule has 0 fully saturated rings. The molecule has 0 aromatic heterocycles. The first-order valence-corrected chi connectivity index (χ1v) is 7.29. The van der Waals surface area contributed by atoms with Crippen LogP contribution in [0.1, 0.15) is 17.5 Å². The van der Waals surface area contributed by atoms with Gasteiger partial charge in [0.2, 0.25) is 5.91 Å². The van der Waals surface area contributed by atoms with Gasteiger partial charge in [-0.3, -0.25) is 14.6 Å². The van der Waals surface area contributed by atoms with E-state index in [9.17, 15) is 9.59 Å². The Labute approximate surface area is 134 Å². The molecule has 2 aromatic rings. The molecule has 0 radical (unpaired) electrons. The number of methoxy groups -OCH3 is 1. The molecule has 1 atom stereocenters. The van der Waals surface area contributed by atoms with E-state index in [0.717, 1.165) is 11.1 Å². The van der Waals surface area contributed by atoms with Crippen LogP contribution in [0.5, 0.6) is 0 Å². The number of nitrogens with zero attached hydrogens (tertiary/aromatic N) is 1. The molecule has 3 rings (SSSR count). The zero-order chi connectivity index (χ0) is 16.2. The fourth-order valence-electron chi connectivity index (χ4n) is 2.50. The van der Waals surface area contributed by atoms with Gasteiger partial charge in [-0.05, 0) is 6.07 Å². The molecule has 0 aliphatic carbocycles. The van der Waals surface area contributed by atoms with Gasteiger partial charge in [0, 0.05) is 11.1 Å². The van der Waals surface area contributed by atoms with Crippen LogP contribution >= 0.6 is 0 Å². The molecule has 0 saturated heterocycles. The number of benzodiazepines with no additional fused rings is 1. The van der Waals surface area contributed by atoms with E-state index in [1.807, 2.05) is 54.6 Å². The Balaban J connectivity index is 2.11. The monoisotopic (exact) mass is 308 g/mol. The first-order valence-electron chi connectivity index (χ1n) is 7.29. The maximum Gasteiger partial charge on any atom is 0.308 e. The van der Waals surface area contributed by atoms with Crippen molar-refractivity contribution in [3.63, 3.8) is 0 Å². The average Bonchev–Trinajstić information content (AvgIpc) is 2.72.